The molecule has 1 saturated heterocycles. The lowest BCUT2D eigenvalue weighted by molar-refractivity contribution is 0.0363. The van der Waals surface area contributed by atoms with Gasteiger partial charge in [-0.25, -0.2) is 9.78 Å². The Bertz CT molecular complexity index is 1820. The first-order chi connectivity index (χ1) is 20.4. The summed E-state index contributed by atoms with van der Waals surface area (Å²) in [5, 5.41) is 12.7. The lowest BCUT2D eigenvalue weighted by Crippen LogP contribution is -2.40. The summed E-state index contributed by atoms with van der Waals surface area (Å²) in [5.74, 6) is -1.01. The number of aryl methyl sites for hydroxylation is 2. The van der Waals surface area contributed by atoms with E-state index in [4.69, 9.17) is 19.9 Å². The topological polar surface area (TPSA) is 131 Å². The molecule has 1 aliphatic carbocycles. The Labute approximate surface area is 246 Å². The molecule has 2 N–H and O–H groups in total. The molecule has 1 amide bonds. The van der Waals surface area contributed by atoms with E-state index in [1.54, 1.807) is 23.8 Å². The van der Waals surface area contributed by atoms with Gasteiger partial charge in [-0.3, -0.25) is 24.3 Å². The largest absolute Gasteiger partial charge is 0.462 e. The minimum atomic E-state index is -0.556. The molecule has 4 aromatic heterocycles. The number of aromatic nitrogens is 3. The molecule has 0 atom stereocenters. The first kappa shape index (κ1) is 28.3. The Hall–Kier alpha value is -3.87. The number of morpholine rings is 1. The molecule has 0 radical (unpaired) electrons. The third-order valence-electron chi connectivity index (χ3n) is 8.00. The van der Waals surface area contributed by atoms with Crippen molar-refractivity contribution in [3.63, 3.8) is 0 Å². The van der Waals surface area contributed by atoms with Crippen LogP contribution >= 0.6 is 11.3 Å². The fraction of sp³-hybridized carbons (Fsp3) is 0.433. The maximum Gasteiger partial charge on any atom is 0.341 e. The number of carbonyl (C=O) groups is 2. The van der Waals surface area contributed by atoms with Gasteiger partial charge in [0.1, 0.15) is 21.8 Å². The molecule has 0 aromatic carbocycles. The summed E-state index contributed by atoms with van der Waals surface area (Å²) in [4.78, 5) is 48.7. The van der Waals surface area contributed by atoms with Gasteiger partial charge < -0.3 is 19.4 Å². The zero-order valence-corrected chi connectivity index (χ0v) is 24.6. The zero-order valence-electron chi connectivity index (χ0n) is 23.8. The SMILES string of the molecule is CCOC(=O)c1c(NC(=O)c2cc3c(=O)n4cccc(C)c4nc3n(CCN3CCOCC3)c2=N)sc2c1CCCC2. The van der Waals surface area contributed by atoms with E-state index in [0.717, 1.165) is 54.8 Å². The Morgan fingerprint density at radius 3 is 2.74 bits per heavy atom. The minimum Gasteiger partial charge on any atom is -0.462 e. The number of pyridine rings is 2. The lowest BCUT2D eigenvalue weighted by atomic mass is 9.95. The second-order valence-corrected chi connectivity index (χ2v) is 11.7. The summed E-state index contributed by atoms with van der Waals surface area (Å²) in [6, 6.07) is 5.13. The summed E-state index contributed by atoms with van der Waals surface area (Å²) < 4.78 is 13.9. The molecule has 6 rings (SSSR count). The number of nitrogens with zero attached hydrogens (tertiary/aromatic N) is 4. The molecular formula is C30H34N6O5S. The number of carbonyl (C=O) groups excluding carboxylic acids is 2. The fourth-order valence-electron chi connectivity index (χ4n) is 5.80. The number of hydrogen-bond donors (Lipinski definition) is 2. The van der Waals surface area contributed by atoms with Crippen LogP contribution in [0.3, 0.4) is 0 Å². The van der Waals surface area contributed by atoms with Crippen LogP contribution in [-0.4, -0.2) is 70.2 Å². The zero-order chi connectivity index (χ0) is 29.4. The summed E-state index contributed by atoms with van der Waals surface area (Å²) in [5.41, 5.74) is 2.73. The number of nitrogens with one attached hydrogen (secondary N) is 2. The number of rotatable bonds is 7. The molecule has 0 bridgehead atoms. The Morgan fingerprint density at radius 1 is 1.17 bits per heavy atom. The second-order valence-electron chi connectivity index (χ2n) is 10.6. The maximum absolute atomic E-state index is 13.9. The molecule has 0 saturated carbocycles. The molecule has 220 valence electrons. The fourth-order valence-corrected chi connectivity index (χ4v) is 7.07. The average Bonchev–Trinajstić information content (AvgIpc) is 3.35. The van der Waals surface area contributed by atoms with E-state index in [1.165, 1.54) is 21.8 Å². The standard InChI is InChI=1S/C30H34N6O5S/c1-3-41-30(39)23-19-8-4-5-9-22(19)42-28(23)33-27(37)20-17-21-26(32-25-18(2)7-6-10-36(25)29(21)38)35(24(20)31)12-11-34-13-15-40-16-14-34/h6-7,10,17,31H,3-5,8-9,11-16H2,1-2H3,(H,33,37). The van der Waals surface area contributed by atoms with Gasteiger partial charge in [0, 0.05) is 37.3 Å². The van der Waals surface area contributed by atoms with E-state index < -0.39 is 11.9 Å². The average molecular weight is 591 g/mol. The summed E-state index contributed by atoms with van der Waals surface area (Å²) >= 11 is 1.39. The predicted octanol–water partition coefficient (Wildman–Crippen LogP) is 3.14. The van der Waals surface area contributed by atoms with Crippen LogP contribution in [0.4, 0.5) is 5.00 Å². The van der Waals surface area contributed by atoms with Gasteiger partial charge in [-0.1, -0.05) is 6.07 Å². The van der Waals surface area contributed by atoms with Crippen LogP contribution in [0.2, 0.25) is 0 Å². The molecule has 4 aromatic rings. The van der Waals surface area contributed by atoms with E-state index in [9.17, 15) is 14.4 Å². The van der Waals surface area contributed by atoms with E-state index in [-0.39, 0.29) is 28.6 Å². The highest BCUT2D eigenvalue weighted by atomic mass is 32.1. The van der Waals surface area contributed by atoms with E-state index >= 15 is 0 Å². The van der Waals surface area contributed by atoms with Crippen molar-refractivity contribution in [1.82, 2.24) is 18.9 Å². The molecular weight excluding hydrogens is 556 g/mol. The Kier molecular flexibility index (Phi) is 7.93. The number of thiophene rings is 1. The molecule has 0 unspecified atom stereocenters. The van der Waals surface area contributed by atoms with E-state index in [1.807, 2.05) is 13.0 Å². The van der Waals surface area contributed by atoms with Crippen LogP contribution in [0, 0.1) is 12.3 Å². The van der Waals surface area contributed by atoms with E-state index in [2.05, 4.69) is 10.2 Å². The third-order valence-corrected chi connectivity index (χ3v) is 9.21. The number of fused-ring (bicyclic) bond motifs is 3. The van der Waals surface area contributed by atoms with Gasteiger partial charge >= 0.3 is 5.97 Å². The quantitative estimate of drug-likeness (QED) is 0.250. The highest BCUT2D eigenvalue weighted by Gasteiger charge is 2.28. The van der Waals surface area contributed by atoms with Gasteiger partial charge in [0.25, 0.3) is 11.5 Å². The molecule has 42 heavy (non-hydrogen) atoms. The molecule has 1 aliphatic heterocycles. The molecule has 12 heteroatoms. The van der Waals surface area contributed by atoms with Gasteiger partial charge in [-0.05, 0) is 62.8 Å². The molecule has 1 fully saturated rings. The van der Waals surface area contributed by atoms with Crippen molar-refractivity contribution >= 4 is 44.9 Å². The van der Waals surface area contributed by atoms with Gasteiger partial charge in [-0.2, -0.15) is 0 Å². The van der Waals surface area contributed by atoms with Crippen molar-refractivity contribution in [3.05, 3.63) is 67.4 Å². The maximum atomic E-state index is 13.9. The van der Waals surface area contributed by atoms with E-state index in [0.29, 0.717) is 48.2 Å². The number of amides is 1. The molecule has 11 nitrogen and oxygen atoms in total. The van der Waals surface area contributed by atoms with Gasteiger partial charge in [0.2, 0.25) is 0 Å². The number of ether oxygens (including phenoxy) is 2. The third kappa shape index (κ3) is 5.14. The summed E-state index contributed by atoms with van der Waals surface area (Å²) in [6.45, 7) is 7.66. The first-order valence-electron chi connectivity index (χ1n) is 14.4. The summed E-state index contributed by atoms with van der Waals surface area (Å²) in [6.07, 6.45) is 5.26. The predicted molar refractivity (Wildman–Crippen MR) is 160 cm³/mol. The minimum absolute atomic E-state index is 0.0390. The van der Waals surface area contributed by atoms with Crippen molar-refractivity contribution in [1.29, 1.82) is 5.41 Å². The van der Waals surface area contributed by atoms with Crippen molar-refractivity contribution in [2.24, 2.45) is 0 Å². The van der Waals surface area contributed by atoms with Crippen LogP contribution in [0.15, 0.2) is 29.2 Å². The molecule has 0 spiro atoms. The van der Waals surface area contributed by atoms with Crippen LogP contribution in [0.1, 0.15) is 56.5 Å². The second kappa shape index (κ2) is 11.8. The van der Waals surface area contributed by atoms with Gasteiger partial charge in [0.15, 0.2) is 0 Å². The van der Waals surface area contributed by atoms with Crippen molar-refractivity contribution in [2.45, 2.75) is 46.1 Å². The van der Waals surface area contributed by atoms with Gasteiger partial charge in [-0.15, -0.1) is 11.3 Å². The molecule has 5 heterocycles. The van der Waals surface area contributed by atoms with Crippen LogP contribution in [0.5, 0.6) is 0 Å². The highest BCUT2D eigenvalue weighted by Crippen LogP contribution is 2.38. The van der Waals surface area contributed by atoms with Crippen molar-refractivity contribution in [2.75, 3.05) is 44.8 Å². The smallest absolute Gasteiger partial charge is 0.341 e. The lowest BCUT2D eigenvalue weighted by Gasteiger charge is -2.27. The normalized spacial score (nSPS) is 15.6. The Balaban J connectivity index is 1.46. The molecule has 2 aliphatic rings. The Morgan fingerprint density at radius 2 is 1.95 bits per heavy atom. The number of anilines is 1. The number of esters is 1. The highest BCUT2D eigenvalue weighted by molar-refractivity contribution is 7.17. The van der Waals surface area contributed by atoms with Crippen LogP contribution in [-0.2, 0) is 28.9 Å². The monoisotopic (exact) mass is 590 g/mol. The van der Waals surface area contributed by atoms with Crippen LogP contribution in [0.25, 0.3) is 16.7 Å². The van der Waals surface area contributed by atoms with Crippen molar-refractivity contribution < 1.29 is 19.1 Å². The van der Waals surface area contributed by atoms with Crippen LogP contribution < -0.4 is 16.4 Å². The first-order valence-corrected chi connectivity index (χ1v) is 15.2. The van der Waals surface area contributed by atoms with Gasteiger partial charge in [0.05, 0.1) is 36.3 Å². The van der Waals surface area contributed by atoms with Crippen molar-refractivity contribution in [3.8, 4) is 0 Å². The number of hydrogen-bond acceptors (Lipinski definition) is 9. The summed E-state index contributed by atoms with van der Waals surface area (Å²) in [7, 11) is 0.